The van der Waals surface area contributed by atoms with Crippen LogP contribution in [0.5, 0.6) is 0 Å². The molecule has 7 heteroatoms. The summed E-state index contributed by atoms with van der Waals surface area (Å²) in [6.45, 7) is 3.49. The molecule has 2 rings (SSSR count). The van der Waals surface area contributed by atoms with Gasteiger partial charge in [-0.2, -0.15) is 11.8 Å². The van der Waals surface area contributed by atoms with Gasteiger partial charge in [-0.15, -0.1) is 24.0 Å². The highest BCUT2D eigenvalue weighted by atomic mass is 127. The molecule has 0 radical (unpaired) electrons. The zero-order valence-electron chi connectivity index (χ0n) is 12.0. The number of guanidine groups is 1. The molecule has 1 saturated carbocycles. The van der Waals surface area contributed by atoms with Crippen LogP contribution in [0.4, 0.5) is 0 Å². The van der Waals surface area contributed by atoms with Gasteiger partial charge in [-0.05, 0) is 32.4 Å². The summed E-state index contributed by atoms with van der Waals surface area (Å²) >= 11 is 1.97. The first-order valence-electron chi connectivity index (χ1n) is 6.78. The van der Waals surface area contributed by atoms with E-state index in [1.165, 1.54) is 19.3 Å². The van der Waals surface area contributed by atoms with E-state index in [0.29, 0.717) is 12.6 Å². The maximum absolute atomic E-state index is 4.81. The van der Waals surface area contributed by atoms with Crippen molar-refractivity contribution in [2.75, 3.05) is 12.8 Å². The summed E-state index contributed by atoms with van der Waals surface area (Å²) in [7, 11) is 0. The van der Waals surface area contributed by atoms with Gasteiger partial charge in [0.25, 0.3) is 0 Å². The second-order valence-corrected chi connectivity index (χ2v) is 5.84. The minimum absolute atomic E-state index is 0. The van der Waals surface area contributed by atoms with Crippen LogP contribution in [-0.2, 0) is 6.54 Å². The molecule has 1 aliphatic carbocycles. The topological polar surface area (TPSA) is 62.5 Å². The number of halogens is 1. The van der Waals surface area contributed by atoms with E-state index in [1.54, 1.807) is 6.26 Å². The lowest BCUT2D eigenvalue weighted by atomic mass is 10.2. The van der Waals surface area contributed by atoms with Crippen LogP contribution < -0.4 is 10.6 Å². The minimum Gasteiger partial charge on any atom is -0.364 e. The van der Waals surface area contributed by atoms with Crippen molar-refractivity contribution in [1.82, 2.24) is 15.8 Å². The Morgan fingerprint density at radius 2 is 2.40 bits per heavy atom. The summed E-state index contributed by atoms with van der Waals surface area (Å²) in [5.41, 5.74) is 0.852. The van der Waals surface area contributed by atoms with Gasteiger partial charge in [0.2, 0.25) is 0 Å². The normalized spacial score (nSPS) is 22.4. The van der Waals surface area contributed by atoms with Gasteiger partial charge in [-0.25, -0.2) is 4.99 Å². The van der Waals surface area contributed by atoms with Gasteiger partial charge < -0.3 is 15.2 Å². The third-order valence-electron chi connectivity index (χ3n) is 3.29. The van der Waals surface area contributed by atoms with Gasteiger partial charge in [0.1, 0.15) is 12.0 Å². The Morgan fingerprint density at radius 3 is 3.00 bits per heavy atom. The maximum atomic E-state index is 4.81. The van der Waals surface area contributed by atoms with Crippen molar-refractivity contribution in [3.63, 3.8) is 0 Å². The Balaban J connectivity index is 0.00000200. The highest BCUT2D eigenvalue weighted by molar-refractivity contribution is 14.0. The van der Waals surface area contributed by atoms with Crippen molar-refractivity contribution in [1.29, 1.82) is 0 Å². The van der Waals surface area contributed by atoms with Crippen LogP contribution >= 0.6 is 35.7 Å². The van der Waals surface area contributed by atoms with Gasteiger partial charge >= 0.3 is 0 Å². The largest absolute Gasteiger partial charge is 0.364 e. The summed E-state index contributed by atoms with van der Waals surface area (Å²) in [4.78, 5) is 4.54. The van der Waals surface area contributed by atoms with Crippen molar-refractivity contribution >= 4 is 41.7 Å². The molecule has 1 heterocycles. The summed E-state index contributed by atoms with van der Waals surface area (Å²) in [5, 5.41) is 11.4. The number of hydrogen-bond acceptors (Lipinski definition) is 4. The number of aromatic nitrogens is 1. The Bertz CT molecular complexity index is 399. The van der Waals surface area contributed by atoms with Crippen LogP contribution in [0.25, 0.3) is 0 Å². The molecule has 1 aromatic heterocycles. The average Bonchev–Trinajstić information content (AvgIpc) is 3.07. The molecule has 2 atom stereocenters. The van der Waals surface area contributed by atoms with Crippen molar-refractivity contribution in [2.45, 2.75) is 44.0 Å². The number of aliphatic imine (C=N–C) groups is 1. The molecule has 20 heavy (non-hydrogen) atoms. The van der Waals surface area contributed by atoms with Crippen LogP contribution in [0.2, 0.25) is 0 Å². The molecule has 1 aromatic rings. The van der Waals surface area contributed by atoms with Crippen molar-refractivity contribution in [3.8, 4) is 0 Å². The molecular formula is C13H23IN4OS. The molecule has 5 nitrogen and oxygen atoms in total. The minimum atomic E-state index is 0. The Hall–Kier alpha value is -0.440. The van der Waals surface area contributed by atoms with Crippen LogP contribution in [-0.4, -0.2) is 35.2 Å². The fourth-order valence-corrected chi connectivity index (χ4v) is 3.07. The first kappa shape index (κ1) is 17.6. The molecule has 2 N–H and O–H groups in total. The zero-order chi connectivity index (χ0) is 13.5. The SMILES string of the molecule is CCNC(=NCc1ccon1)NC1CCC(SC)C1.I. The predicted octanol–water partition coefficient (Wildman–Crippen LogP) is 2.63. The summed E-state index contributed by atoms with van der Waals surface area (Å²) in [5.74, 6) is 0.872. The van der Waals surface area contributed by atoms with E-state index in [2.05, 4.69) is 34.0 Å². The first-order valence-corrected chi connectivity index (χ1v) is 8.07. The lowest BCUT2D eigenvalue weighted by Gasteiger charge is -2.17. The Morgan fingerprint density at radius 1 is 1.55 bits per heavy atom. The smallest absolute Gasteiger partial charge is 0.191 e. The molecule has 0 saturated heterocycles. The number of nitrogens with one attached hydrogen (secondary N) is 2. The van der Waals surface area contributed by atoms with E-state index in [9.17, 15) is 0 Å². The van der Waals surface area contributed by atoms with Crippen LogP contribution in [0.1, 0.15) is 31.9 Å². The van der Waals surface area contributed by atoms with Crippen molar-refractivity contribution in [3.05, 3.63) is 18.0 Å². The summed E-state index contributed by atoms with van der Waals surface area (Å²) in [6, 6.07) is 2.37. The molecular weight excluding hydrogens is 387 g/mol. The monoisotopic (exact) mass is 410 g/mol. The Labute approximate surface area is 141 Å². The molecule has 0 bridgehead atoms. The zero-order valence-corrected chi connectivity index (χ0v) is 15.1. The maximum Gasteiger partial charge on any atom is 0.191 e. The molecule has 114 valence electrons. The number of thioether (sulfide) groups is 1. The third kappa shape index (κ3) is 5.51. The molecule has 1 fully saturated rings. The van der Waals surface area contributed by atoms with E-state index in [4.69, 9.17) is 4.52 Å². The van der Waals surface area contributed by atoms with Gasteiger partial charge in [-0.3, -0.25) is 0 Å². The Kier molecular flexibility index (Phi) is 8.35. The second-order valence-electron chi connectivity index (χ2n) is 4.70. The number of hydrogen-bond donors (Lipinski definition) is 2. The lowest BCUT2D eigenvalue weighted by Crippen LogP contribution is -2.42. The average molecular weight is 410 g/mol. The first-order chi connectivity index (χ1) is 9.31. The highest BCUT2D eigenvalue weighted by Gasteiger charge is 2.24. The third-order valence-corrected chi connectivity index (χ3v) is 4.39. The van der Waals surface area contributed by atoms with Gasteiger partial charge in [0.05, 0.1) is 6.54 Å². The van der Waals surface area contributed by atoms with E-state index in [-0.39, 0.29) is 24.0 Å². The predicted molar refractivity (Wildman–Crippen MR) is 94.8 cm³/mol. The fourth-order valence-electron chi connectivity index (χ4n) is 2.28. The number of rotatable bonds is 5. The van der Waals surface area contributed by atoms with Crippen LogP contribution in [0, 0.1) is 0 Å². The molecule has 0 spiro atoms. The molecule has 0 aromatic carbocycles. The van der Waals surface area contributed by atoms with Gasteiger partial charge in [-0.1, -0.05) is 5.16 Å². The lowest BCUT2D eigenvalue weighted by molar-refractivity contribution is 0.412. The fraction of sp³-hybridized carbons (Fsp3) is 0.692. The molecule has 2 unspecified atom stereocenters. The van der Waals surface area contributed by atoms with Gasteiger partial charge in [0, 0.05) is 23.9 Å². The number of nitrogens with zero attached hydrogens (tertiary/aromatic N) is 2. The van der Waals surface area contributed by atoms with E-state index in [0.717, 1.165) is 23.4 Å². The van der Waals surface area contributed by atoms with E-state index in [1.807, 2.05) is 17.8 Å². The molecule has 1 aliphatic rings. The van der Waals surface area contributed by atoms with Crippen LogP contribution in [0.3, 0.4) is 0 Å². The van der Waals surface area contributed by atoms with E-state index < -0.39 is 0 Å². The van der Waals surface area contributed by atoms with Crippen molar-refractivity contribution in [2.24, 2.45) is 4.99 Å². The second kappa shape index (κ2) is 9.49. The summed E-state index contributed by atoms with van der Waals surface area (Å²) in [6.07, 6.45) is 7.50. The highest BCUT2D eigenvalue weighted by Crippen LogP contribution is 2.27. The molecule has 0 aliphatic heterocycles. The summed E-state index contributed by atoms with van der Waals surface area (Å²) < 4.78 is 4.81. The van der Waals surface area contributed by atoms with Crippen LogP contribution in [0.15, 0.2) is 21.8 Å². The van der Waals surface area contributed by atoms with Gasteiger partial charge in [0.15, 0.2) is 5.96 Å². The van der Waals surface area contributed by atoms with E-state index >= 15 is 0 Å². The quantitative estimate of drug-likeness (QED) is 0.444. The van der Waals surface area contributed by atoms with Crippen molar-refractivity contribution < 1.29 is 4.52 Å². The standard InChI is InChI=1S/C13H22N4OS.HI/c1-3-14-13(15-9-11-6-7-18-17-11)16-10-4-5-12(8-10)19-2;/h6-7,10,12H,3-5,8-9H2,1-2H3,(H2,14,15,16);1H. The molecule has 0 amide bonds.